The maximum Gasteiger partial charge on any atom is 0.319 e. The fourth-order valence-corrected chi connectivity index (χ4v) is 1.83. The van der Waals surface area contributed by atoms with E-state index < -0.39 is 0 Å². The number of amides is 2. The number of nitrogens with zero attached hydrogens (tertiary/aromatic N) is 1. The molecule has 0 aliphatic carbocycles. The summed E-state index contributed by atoms with van der Waals surface area (Å²) in [5.41, 5.74) is 1.98. The van der Waals surface area contributed by atoms with Crippen molar-refractivity contribution in [3.05, 3.63) is 65.5 Å². The zero-order chi connectivity index (χ0) is 15.2. The molecule has 1 atom stereocenters. The number of halogens is 1. The van der Waals surface area contributed by atoms with Gasteiger partial charge in [-0.1, -0.05) is 12.1 Å². The van der Waals surface area contributed by atoms with Gasteiger partial charge >= 0.3 is 6.03 Å². The summed E-state index contributed by atoms with van der Waals surface area (Å²) in [5.74, 6) is -0.355. The van der Waals surface area contributed by atoms with Crippen LogP contribution in [0.3, 0.4) is 0 Å². The fraction of sp³-hybridized carbons (Fsp3) is 0.125. The van der Waals surface area contributed by atoms with Crippen LogP contribution in [-0.4, -0.2) is 6.03 Å². The Hall–Kier alpha value is -2.87. The van der Waals surface area contributed by atoms with Gasteiger partial charge < -0.3 is 10.6 Å². The van der Waals surface area contributed by atoms with E-state index in [1.54, 1.807) is 24.3 Å². The molecule has 0 saturated heterocycles. The van der Waals surface area contributed by atoms with Crippen molar-refractivity contribution < 1.29 is 9.18 Å². The molecule has 0 heterocycles. The molecule has 0 aliphatic rings. The summed E-state index contributed by atoms with van der Waals surface area (Å²) in [6.07, 6.45) is 0. The normalized spacial score (nSPS) is 11.3. The fourth-order valence-electron chi connectivity index (χ4n) is 1.83. The van der Waals surface area contributed by atoms with Gasteiger partial charge in [-0.2, -0.15) is 5.26 Å². The van der Waals surface area contributed by atoms with Crippen LogP contribution in [0.4, 0.5) is 14.9 Å². The highest BCUT2D eigenvalue weighted by Gasteiger charge is 2.09. The molecule has 4 nitrogen and oxygen atoms in total. The minimum atomic E-state index is -0.376. The van der Waals surface area contributed by atoms with Crippen molar-refractivity contribution in [2.45, 2.75) is 13.0 Å². The van der Waals surface area contributed by atoms with Gasteiger partial charge in [-0.05, 0) is 48.9 Å². The van der Waals surface area contributed by atoms with Crippen molar-refractivity contribution in [3.8, 4) is 6.07 Å². The second-order valence-electron chi connectivity index (χ2n) is 4.56. The molecule has 2 N–H and O–H groups in total. The molecule has 0 aromatic heterocycles. The first-order chi connectivity index (χ1) is 10.1. The molecule has 0 spiro atoms. The number of carbonyl (C=O) groups is 1. The van der Waals surface area contributed by atoms with E-state index in [0.717, 1.165) is 5.56 Å². The Bertz CT molecular complexity index is 659. The number of anilines is 1. The molecule has 5 heteroatoms. The number of urea groups is 1. The molecule has 0 saturated carbocycles. The minimum Gasteiger partial charge on any atom is -0.331 e. The van der Waals surface area contributed by atoms with E-state index in [2.05, 4.69) is 10.6 Å². The predicted molar refractivity (Wildman–Crippen MR) is 78.1 cm³/mol. The zero-order valence-corrected chi connectivity index (χ0v) is 11.4. The molecule has 2 amide bonds. The number of nitriles is 1. The molecule has 2 rings (SSSR count). The molecular weight excluding hydrogens is 269 g/mol. The van der Waals surface area contributed by atoms with Crippen LogP contribution in [0.2, 0.25) is 0 Å². The van der Waals surface area contributed by atoms with Gasteiger partial charge in [-0.25, -0.2) is 9.18 Å². The lowest BCUT2D eigenvalue weighted by Gasteiger charge is -2.15. The number of hydrogen-bond acceptors (Lipinski definition) is 2. The highest BCUT2D eigenvalue weighted by Crippen LogP contribution is 2.14. The molecular formula is C16H14FN3O. The van der Waals surface area contributed by atoms with Gasteiger partial charge in [-0.3, -0.25) is 0 Å². The SMILES string of the molecule is C[C@@H](NC(=O)Nc1ccc(F)cc1)c1ccc(C#N)cc1. The number of benzene rings is 2. The van der Waals surface area contributed by atoms with E-state index in [4.69, 9.17) is 5.26 Å². The van der Waals surface area contributed by atoms with E-state index in [-0.39, 0.29) is 17.9 Å². The van der Waals surface area contributed by atoms with Crippen LogP contribution >= 0.6 is 0 Å². The highest BCUT2D eigenvalue weighted by molar-refractivity contribution is 5.89. The lowest BCUT2D eigenvalue weighted by atomic mass is 10.1. The van der Waals surface area contributed by atoms with E-state index in [1.165, 1.54) is 24.3 Å². The number of hydrogen-bond donors (Lipinski definition) is 2. The molecule has 0 radical (unpaired) electrons. The topological polar surface area (TPSA) is 64.9 Å². The number of rotatable bonds is 3. The van der Waals surface area contributed by atoms with Crippen LogP contribution in [0.1, 0.15) is 24.1 Å². The van der Waals surface area contributed by atoms with Crippen LogP contribution in [-0.2, 0) is 0 Å². The van der Waals surface area contributed by atoms with Gasteiger partial charge in [0.2, 0.25) is 0 Å². The Labute approximate surface area is 122 Å². The summed E-state index contributed by atoms with van der Waals surface area (Å²) < 4.78 is 12.8. The number of nitrogens with one attached hydrogen (secondary N) is 2. The Balaban J connectivity index is 1.95. The van der Waals surface area contributed by atoms with Gasteiger partial charge in [0, 0.05) is 5.69 Å². The first-order valence-electron chi connectivity index (χ1n) is 6.41. The van der Waals surface area contributed by atoms with Crippen LogP contribution < -0.4 is 10.6 Å². The average Bonchev–Trinajstić information content (AvgIpc) is 2.49. The van der Waals surface area contributed by atoms with Gasteiger partial charge in [-0.15, -0.1) is 0 Å². The zero-order valence-electron chi connectivity index (χ0n) is 11.4. The second kappa shape index (κ2) is 6.53. The highest BCUT2D eigenvalue weighted by atomic mass is 19.1. The molecule has 0 unspecified atom stereocenters. The number of carbonyl (C=O) groups excluding carboxylic acids is 1. The monoisotopic (exact) mass is 283 g/mol. The van der Waals surface area contributed by atoms with Crippen molar-refractivity contribution in [2.75, 3.05) is 5.32 Å². The average molecular weight is 283 g/mol. The van der Waals surface area contributed by atoms with Gasteiger partial charge in [0.15, 0.2) is 0 Å². The molecule has 0 fully saturated rings. The summed E-state index contributed by atoms with van der Waals surface area (Å²) in [6, 6.07) is 14.0. The molecule has 106 valence electrons. The molecule has 21 heavy (non-hydrogen) atoms. The van der Waals surface area contributed by atoms with Crippen LogP contribution in [0.5, 0.6) is 0 Å². The van der Waals surface area contributed by atoms with Crippen molar-refractivity contribution in [1.82, 2.24) is 5.32 Å². The largest absolute Gasteiger partial charge is 0.331 e. The second-order valence-corrected chi connectivity index (χ2v) is 4.56. The molecule has 0 aliphatic heterocycles. The van der Waals surface area contributed by atoms with Gasteiger partial charge in [0.05, 0.1) is 17.7 Å². The summed E-state index contributed by atoms with van der Waals surface area (Å²) in [5, 5.41) is 14.1. The van der Waals surface area contributed by atoms with Crippen molar-refractivity contribution in [2.24, 2.45) is 0 Å². The van der Waals surface area contributed by atoms with Crippen molar-refractivity contribution >= 4 is 11.7 Å². The standard InChI is InChI=1S/C16H14FN3O/c1-11(13-4-2-12(10-18)3-5-13)19-16(21)20-15-8-6-14(17)7-9-15/h2-9,11H,1H3,(H2,19,20,21)/t11-/m1/s1. The Morgan fingerprint density at radius 2 is 1.76 bits per heavy atom. The van der Waals surface area contributed by atoms with E-state index in [1.807, 2.05) is 13.0 Å². The van der Waals surface area contributed by atoms with E-state index in [9.17, 15) is 9.18 Å². The molecule has 2 aromatic rings. The lowest BCUT2D eigenvalue weighted by molar-refractivity contribution is 0.249. The summed E-state index contributed by atoms with van der Waals surface area (Å²) >= 11 is 0. The summed E-state index contributed by atoms with van der Waals surface area (Å²) in [7, 11) is 0. The third-order valence-electron chi connectivity index (χ3n) is 2.99. The Morgan fingerprint density at radius 1 is 1.14 bits per heavy atom. The first-order valence-corrected chi connectivity index (χ1v) is 6.41. The van der Waals surface area contributed by atoms with Crippen LogP contribution in [0.25, 0.3) is 0 Å². The summed E-state index contributed by atoms with van der Waals surface area (Å²) in [6.45, 7) is 1.84. The van der Waals surface area contributed by atoms with Crippen LogP contribution in [0, 0.1) is 17.1 Å². The van der Waals surface area contributed by atoms with Crippen LogP contribution in [0.15, 0.2) is 48.5 Å². The Kier molecular flexibility index (Phi) is 4.52. The molecule has 0 bridgehead atoms. The summed E-state index contributed by atoms with van der Waals surface area (Å²) in [4.78, 5) is 11.8. The van der Waals surface area contributed by atoms with Crippen molar-refractivity contribution in [3.63, 3.8) is 0 Å². The van der Waals surface area contributed by atoms with Gasteiger partial charge in [0.1, 0.15) is 5.82 Å². The third-order valence-corrected chi connectivity index (χ3v) is 2.99. The van der Waals surface area contributed by atoms with E-state index in [0.29, 0.717) is 11.3 Å². The van der Waals surface area contributed by atoms with Crippen molar-refractivity contribution in [1.29, 1.82) is 5.26 Å². The predicted octanol–water partition coefficient (Wildman–Crippen LogP) is 3.58. The van der Waals surface area contributed by atoms with E-state index >= 15 is 0 Å². The maximum atomic E-state index is 12.8. The smallest absolute Gasteiger partial charge is 0.319 e. The first kappa shape index (κ1) is 14.5. The minimum absolute atomic E-state index is 0.210. The third kappa shape index (κ3) is 4.05. The quantitative estimate of drug-likeness (QED) is 0.904. The van der Waals surface area contributed by atoms with Gasteiger partial charge in [0.25, 0.3) is 0 Å². The molecule has 2 aromatic carbocycles. The maximum absolute atomic E-state index is 12.8. The Morgan fingerprint density at radius 3 is 2.33 bits per heavy atom. The lowest BCUT2D eigenvalue weighted by Crippen LogP contribution is -2.31.